The average Bonchev–Trinajstić information content (AvgIpc) is 3.15. The van der Waals surface area contributed by atoms with Crippen LogP contribution in [-0.4, -0.2) is 31.4 Å². The second kappa shape index (κ2) is 4.99. The topological polar surface area (TPSA) is 81.7 Å². The molecule has 7 nitrogen and oxygen atoms in total. The Morgan fingerprint density at radius 2 is 2.09 bits per heavy atom. The molecule has 112 valence electrons. The van der Waals surface area contributed by atoms with Crippen LogP contribution < -0.4 is 5.32 Å². The van der Waals surface area contributed by atoms with Gasteiger partial charge in [0.05, 0.1) is 6.04 Å². The molecule has 1 atom stereocenters. The summed E-state index contributed by atoms with van der Waals surface area (Å²) >= 11 is 0. The third-order valence-electron chi connectivity index (χ3n) is 3.67. The molecule has 0 bridgehead atoms. The van der Waals surface area contributed by atoms with Crippen molar-refractivity contribution in [2.75, 3.05) is 6.54 Å². The summed E-state index contributed by atoms with van der Waals surface area (Å²) in [7, 11) is 0. The Balaban J connectivity index is 1.72. The minimum atomic E-state index is -0.305. The predicted molar refractivity (Wildman–Crippen MR) is 75.1 cm³/mol. The van der Waals surface area contributed by atoms with Crippen LogP contribution >= 0.6 is 0 Å². The number of hydrogen-bond acceptors (Lipinski definition) is 6. The molecule has 0 aliphatic carbocycles. The number of hydrogen-bond donors (Lipinski definition) is 1. The molecule has 0 saturated carbocycles. The van der Waals surface area contributed by atoms with Crippen LogP contribution in [0.25, 0.3) is 23.1 Å². The first kappa shape index (κ1) is 13.1. The highest BCUT2D eigenvalue weighted by atomic mass is 19.1. The van der Waals surface area contributed by atoms with E-state index in [0.29, 0.717) is 23.1 Å². The predicted octanol–water partition coefficient (Wildman–Crippen LogP) is 1.80. The maximum atomic E-state index is 13.0. The van der Waals surface area contributed by atoms with Gasteiger partial charge in [-0.3, -0.25) is 0 Å². The second-order valence-corrected chi connectivity index (χ2v) is 5.14. The molecule has 0 fully saturated rings. The van der Waals surface area contributed by atoms with Crippen molar-refractivity contribution in [1.82, 2.24) is 30.2 Å². The van der Waals surface area contributed by atoms with Crippen molar-refractivity contribution in [3.63, 3.8) is 0 Å². The second-order valence-electron chi connectivity index (χ2n) is 5.14. The highest BCUT2D eigenvalue weighted by Crippen LogP contribution is 2.24. The van der Waals surface area contributed by atoms with E-state index < -0.39 is 0 Å². The van der Waals surface area contributed by atoms with E-state index in [9.17, 15) is 4.39 Å². The summed E-state index contributed by atoms with van der Waals surface area (Å²) in [5.74, 6) is 1.81. The number of fused-ring (bicyclic) bond motifs is 1. The Morgan fingerprint density at radius 1 is 1.27 bits per heavy atom. The van der Waals surface area contributed by atoms with Crippen LogP contribution in [0.5, 0.6) is 0 Å². The molecule has 0 radical (unpaired) electrons. The van der Waals surface area contributed by atoms with Gasteiger partial charge in [0.1, 0.15) is 11.6 Å². The van der Waals surface area contributed by atoms with E-state index in [1.54, 1.807) is 12.1 Å². The van der Waals surface area contributed by atoms with Gasteiger partial charge in [-0.2, -0.15) is 4.98 Å². The van der Waals surface area contributed by atoms with Gasteiger partial charge in [-0.25, -0.2) is 4.39 Å². The van der Waals surface area contributed by atoms with Crippen LogP contribution in [0.2, 0.25) is 0 Å². The van der Waals surface area contributed by atoms with Gasteiger partial charge in [0.15, 0.2) is 0 Å². The van der Waals surface area contributed by atoms with E-state index in [2.05, 4.69) is 25.7 Å². The first-order valence-electron chi connectivity index (χ1n) is 6.99. The zero-order valence-corrected chi connectivity index (χ0v) is 11.8. The Kier molecular flexibility index (Phi) is 2.97. The van der Waals surface area contributed by atoms with Crippen molar-refractivity contribution in [2.45, 2.75) is 19.5 Å². The quantitative estimate of drug-likeness (QED) is 0.777. The van der Waals surface area contributed by atoms with E-state index in [1.807, 2.05) is 11.5 Å². The molecule has 1 unspecified atom stereocenters. The minimum absolute atomic E-state index is 0.134. The number of aromatic nitrogens is 5. The normalized spacial score (nSPS) is 17.5. The lowest BCUT2D eigenvalue weighted by Crippen LogP contribution is -2.32. The Morgan fingerprint density at radius 3 is 2.91 bits per heavy atom. The summed E-state index contributed by atoms with van der Waals surface area (Å²) in [6.07, 6.45) is 0. The fourth-order valence-electron chi connectivity index (χ4n) is 2.53. The fraction of sp³-hybridized carbons (Fsp3) is 0.286. The molecule has 8 heteroatoms. The zero-order chi connectivity index (χ0) is 15.1. The average molecular weight is 300 g/mol. The molecule has 0 amide bonds. The molecule has 1 aliphatic heterocycles. The number of halogens is 1. The molecule has 1 aromatic carbocycles. The summed E-state index contributed by atoms with van der Waals surface area (Å²) < 4.78 is 20.2. The highest BCUT2D eigenvalue weighted by molar-refractivity contribution is 5.56. The van der Waals surface area contributed by atoms with Crippen LogP contribution in [0.15, 0.2) is 28.8 Å². The Hall–Kier alpha value is -2.61. The SMILES string of the molecule is CC1NCCn2c(-c3nc(-c4ccc(F)cc4)no3)nnc21. The number of nitrogens with zero attached hydrogens (tertiary/aromatic N) is 5. The first-order valence-corrected chi connectivity index (χ1v) is 6.99. The molecule has 3 heterocycles. The van der Waals surface area contributed by atoms with Crippen LogP contribution in [0.1, 0.15) is 18.8 Å². The molecule has 4 rings (SSSR count). The first-order chi connectivity index (χ1) is 10.7. The molecule has 0 saturated heterocycles. The van der Waals surface area contributed by atoms with Crippen LogP contribution in [0.3, 0.4) is 0 Å². The van der Waals surface area contributed by atoms with Crippen molar-refractivity contribution in [3.8, 4) is 23.1 Å². The summed E-state index contributed by atoms with van der Waals surface area (Å²) in [5, 5.41) is 15.6. The van der Waals surface area contributed by atoms with Gasteiger partial charge < -0.3 is 14.4 Å². The maximum Gasteiger partial charge on any atom is 0.296 e. The van der Waals surface area contributed by atoms with Gasteiger partial charge in [0, 0.05) is 18.7 Å². The van der Waals surface area contributed by atoms with Crippen molar-refractivity contribution in [1.29, 1.82) is 0 Å². The molecular weight excluding hydrogens is 287 g/mol. The van der Waals surface area contributed by atoms with Gasteiger partial charge in [-0.1, -0.05) is 5.16 Å². The Labute approximate surface area is 125 Å². The van der Waals surface area contributed by atoms with Crippen LogP contribution in [0, 0.1) is 5.82 Å². The smallest absolute Gasteiger partial charge is 0.296 e. The van der Waals surface area contributed by atoms with E-state index >= 15 is 0 Å². The standard InChI is InChI=1S/C14H13FN6O/c1-8-12-18-19-13(21(12)7-6-16-8)14-17-11(20-22-14)9-2-4-10(15)5-3-9/h2-5,8,16H,6-7H2,1H3. The zero-order valence-electron chi connectivity index (χ0n) is 11.8. The van der Waals surface area contributed by atoms with E-state index in [1.165, 1.54) is 12.1 Å². The molecule has 0 spiro atoms. The van der Waals surface area contributed by atoms with Gasteiger partial charge in [-0.15, -0.1) is 10.2 Å². The number of nitrogens with one attached hydrogen (secondary N) is 1. The minimum Gasteiger partial charge on any atom is -0.330 e. The number of rotatable bonds is 2. The summed E-state index contributed by atoms with van der Waals surface area (Å²) in [6, 6.07) is 6.06. The molecule has 3 aromatic rings. The van der Waals surface area contributed by atoms with Crippen molar-refractivity contribution < 1.29 is 8.91 Å². The lowest BCUT2D eigenvalue weighted by Gasteiger charge is -2.21. The summed E-state index contributed by atoms with van der Waals surface area (Å²) in [6.45, 7) is 3.61. The van der Waals surface area contributed by atoms with E-state index in [0.717, 1.165) is 18.9 Å². The van der Waals surface area contributed by atoms with Crippen LogP contribution in [-0.2, 0) is 6.54 Å². The van der Waals surface area contributed by atoms with Gasteiger partial charge >= 0.3 is 0 Å². The van der Waals surface area contributed by atoms with Crippen molar-refractivity contribution >= 4 is 0 Å². The fourth-order valence-corrected chi connectivity index (χ4v) is 2.53. The molecular formula is C14H13FN6O. The summed E-state index contributed by atoms with van der Waals surface area (Å²) in [5.41, 5.74) is 0.685. The molecule has 1 N–H and O–H groups in total. The lowest BCUT2D eigenvalue weighted by molar-refractivity contribution is 0.414. The maximum absolute atomic E-state index is 13.0. The van der Waals surface area contributed by atoms with Gasteiger partial charge in [-0.05, 0) is 31.2 Å². The monoisotopic (exact) mass is 300 g/mol. The Bertz CT molecular complexity index is 809. The summed E-state index contributed by atoms with van der Waals surface area (Å²) in [4.78, 5) is 4.34. The van der Waals surface area contributed by atoms with E-state index in [4.69, 9.17) is 4.52 Å². The van der Waals surface area contributed by atoms with E-state index in [-0.39, 0.29) is 11.9 Å². The highest BCUT2D eigenvalue weighted by Gasteiger charge is 2.25. The third kappa shape index (κ3) is 2.08. The molecule has 1 aliphatic rings. The van der Waals surface area contributed by atoms with Crippen LogP contribution in [0.4, 0.5) is 4.39 Å². The third-order valence-corrected chi connectivity index (χ3v) is 3.67. The van der Waals surface area contributed by atoms with Crippen molar-refractivity contribution in [3.05, 3.63) is 35.9 Å². The van der Waals surface area contributed by atoms with Crippen molar-refractivity contribution in [2.24, 2.45) is 0 Å². The van der Waals surface area contributed by atoms with Gasteiger partial charge in [0.2, 0.25) is 11.6 Å². The lowest BCUT2D eigenvalue weighted by atomic mass is 10.2. The molecule has 22 heavy (non-hydrogen) atoms. The molecule has 2 aromatic heterocycles. The largest absolute Gasteiger partial charge is 0.330 e. The number of benzene rings is 1. The van der Waals surface area contributed by atoms with Gasteiger partial charge in [0.25, 0.3) is 5.89 Å².